The Morgan fingerprint density at radius 3 is 2.70 bits per heavy atom. The van der Waals surface area contributed by atoms with Gasteiger partial charge in [0.2, 0.25) is 5.91 Å². The van der Waals surface area contributed by atoms with E-state index in [1.165, 1.54) is 6.92 Å². The molecule has 0 rings (SSSR count). The quantitative estimate of drug-likeness (QED) is 0.379. The highest BCUT2D eigenvalue weighted by molar-refractivity contribution is 5.95. The maximum atomic E-state index is 10.3. The molecule has 1 amide bonds. The lowest BCUT2D eigenvalue weighted by atomic mass is 10.3. The molecule has 0 aliphatic heterocycles. The molecule has 0 fully saturated rings. The number of amides is 1. The van der Waals surface area contributed by atoms with Crippen molar-refractivity contribution in [3.05, 3.63) is 0 Å². The summed E-state index contributed by atoms with van der Waals surface area (Å²) < 4.78 is 0. The average molecular weight is 143 g/mol. The Hall–Kier alpha value is -0.900. The van der Waals surface area contributed by atoms with Crippen LogP contribution in [0.15, 0.2) is 0 Å². The van der Waals surface area contributed by atoms with E-state index >= 15 is 0 Å². The second kappa shape index (κ2) is 4.93. The van der Waals surface area contributed by atoms with Crippen molar-refractivity contribution < 1.29 is 4.79 Å². The van der Waals surface area contributed by atoms with Crippen LogP contribution in [0.1, 0.15) is 19.8 Å². The summed E-state index contributed by atoms with van der Waals surface area (Å²) in [6.07, 6.45) is 1.30. The first-order chi connectivity index (χ1) is 4.66. The molecule has 10 heavy (non-hydrogen) atoms. The molecule has 0 unspecified atom stereocenters. The summed E-state index contributed by atoms with van der Waals surface area (Å²) in [5.41, 5.74) is 5.20. The fourth-order valence-electron chi connectivity index (χ4n) is 0.554. The molecule has 0 aliphatic carbocycles. The molecule has 0 atom stereocenters. The predicted octanol–water partition coefficient (Wildman–Crippen LogP) is -0.161. The minimum atomic E-state index is -0.193. The Morgan fingerprint density at radius 2 is 2.30 bits per heavy atom. The lowest BCUT2D eigenvalue weighted by Gasteiger charge is -2.01. The van der Waals surface area contributed by atoms with Crippen LogP contribution < -0.4 is 11.1 Å². The topological polar surface area (TPSA) is 79.0 Å². The van der Waals surface area contributed by atoms with Gasteiger partial charge in [0, 0.05) is 13.3 Å². The average Bonchev–Trinajstić information content (AvgIpc) is 1.82. The normalized spacial score (nSPS) is 9.00. The summed E-state index contributed by atoms with van der Waals surface area (Å²) in [5, 5.41) is 9.50. The largest absolute Gasteiger partial charge is 0.330 e. The number of carbonyl (C=O) groups excluding carboxylic acids is 1. The molecule has 4 N–H and O–H groups in total. The van der Waals surface area contributed by atoms with Crippen molar-refractivity contribution in [3.8, 4) is 0 Å². The summed E-state index contributed by atoms with van der Waals surface area (Å²) in [7, 11) is 0. The van der Waals surface area contributed by atoms with Crippen LogP contribution >= 0.6 is 0 Å². The van der Waals surface area contributed by atoms with Crippen LogP contribution in [0, 0.1) is 5.41 Å². The molecule has 0 saturated heterocycles. The molecule has 0 aliphatic rings. The van der Waals surface area contributed by atoms with Crippen LogP contribution in [-0.2, 0) is 4.79 Å². The van der Waals surface area contributed by atoms with E-state index in [1.807, 2.05) is 0 Å². The Balaban J connectivity index is 3.35. The summed E-state index contributed by atoms with van der Waals surface area (Å²) in [5.74, 6) is 0.0555. The van der Waals surface area contributed by atoms with Crippen molar-refractivity contribution in [3.63, 3.8) is 0 Å². The molecule has 0 saturated carbocycles. The number of nitrogens with one attached hydrogen (secondary N) is 2. The van der Waals surface area contributed by atoms with E-state index in [4.69, 9.17) is 11.1 Å². The first kappa shape index (κ1) is 9.10. The van der Waals surface area contributed by atoms with Gasteiger partial charge in [0.05, 0.1) is 5.84 Å². The van der Waals surface area contributed by atoms with Crippen LogP contribution in [0.2, 0.25) is 0 Å². The predicted molar refractivity (Wildman–Crippen MR) is 39.8 cm³/mol. The van der Waals surface area contributed by atoms with E-state index < -0.39 is 0 Å². The maximum absolute atomic E-state index is 10.3. The van der Waals surface area contributed by atoms with E-state index in [9.17, 15) is 4.79 Å². The second-order valence-electron chi connectivity index (χ2n) is 2.05. The zero-order valence-electron chi connectivity index (χ0n) is 6.11. The standard InChI is InChI=1S/C6H13N3O/c1-5(10)9-6(8)3-2-4-7/h2-4,7H2,1H3,(H2,8,9,10). The van der Waals surface area contributed by atoms with Crippen molar-refractivity contribution in [2.75, 3.05) is 6.54 Å². The van der Waals surface area contributed by atoms with Gasteiger partial charge in [-0.05, 0) is 13.0 Å². The maximum Gasteiger partial charge on any atom is 0.222 e. The molecular weight excluding hydrogens is 130 g/mol. The summed E-state index contributed by atoms with van der Waals surface area (Å²) in [6, 6.07) is 0. The monoisotopic (exact) mass is 143 g/mol. The molecule has 0 radical (unpaired) electrons. The van der Waals surface area contributed by atoms with Crippen molar-refractivity contribution in [2.45, 2.75) is 19.8 Å². The van der Waals surface area contributed by atoms with Crippen LogP contribution in [0.5, 0.6) is 0 Å². The molecule has 0 bridgehead atoms. The Bertz CT molecular complexity index is 133. The highest BCUT2D eigenvalue weighted by atomic mass is 16.1. The van der Waals surface area contributed by atoms with Crippen LogP contribution in [0.3, 0.4) is 0 Å². The zero-order valence-corrected chi connectivity index (χ0v) is 6.11. The smallest absolute Gasteiger partial charge is 0.222 e. The van der Waals surface area contributed by atoms with E-state index in [0.717, 1.165) is 6.42 Å². The van der Waals surface area contributed by atoms with Crippen molar-refractivity contribution >= 4 is 11.7 Å². The van der Waals surface area contributed by atoms with Gasteiger partial charge in [-0.1, -0.05) is 0 Å². The third-order valence-corrected chi connectivity index (χ3v) is 0.958. The Morgan fingerprint density at radius 1 is 1.70 bits per heavy atom. The van der Waals surface area contributed by atoms with Gasteiger partial charge in [0.25, 0.3) is 0 Å². The van der Waals surface area contributed by atoms with E-state index in [-0.39, 0.29) is 11.7 Å². The van der Waals surface area contributed by atoms with Gasteiger partial charge in [0.15, 0.2) is 0 Å². The minimum Gasteiger partial charge on any atom is -0.330 e. The van der Waals surface area contributed by atoms with Gasteiger partial charge in [-0.15, -0.1) is 0 Å². The van der Waals surface area contributed by atoms with Crippen molar-refractivity contribution in [2.24, 2.45) is 5.73 Å². The Kier molecular flexibility index (Phi) is 4.49. The number of hydrogen-bond donors (Lipinski definition) is 3. The van der Waals surface area contributed by atoms with Crippen LogP contribution in [0.25, 0.3) is 0 Å². The number of rotatable bonds is 3. The van der Waals surface area contributed by atoms with Gasteiger partial charge in [0.1, 0.15) is 0 Å². The number of carbonyl (C=O) groups is 1. The third-order valence-electron chi connectivity index (χ3n) is 0.958. The van der Waals surface area contributed by atoms with E-state index in [1.54, 1.807) is 0 Å². The second-order valence-corrected chi connectivity index (χ2v) is 2.05. The lowest BCUT2D eigenvalue weighted by molar-refractivity contribution is -0.117. The van der Waals surface area contributed by atoms with E-state index in [0.29, 0.717) is 13.0 Å². The zero-order chi connectivity index (χ0) is 7.98. The van der Waals surface area contributed by atoms with Crippen LogP contribution in [0.4, 0.5) is 0 Å². The lowest BCUT2D eigenvalue weighted by Crippen LogP contribution is -2.27. The fourth-order valence-corrected chi connectivity index (χ4v) is 0.554. The molecule has 4 nitrogen and oxygen atoms in total. The fraction of sp³-hybridized carbons (Fsp3) is 0.667. The SMILES string of the molecule is CC(=O)NC(=N)CCCN. The highest BCUT2D eigenvalue weighted by Gasteiger charge is 1.96. The molecule has 0 spiro atoms. The summed E-state index contributed by atoms with van der Waals surface area (Å²) >= 11 is 0. The van der Waals surface area contributed by atoms with Gasteiger partial charge < -0.3 is 11.1 Å². The third kappa shape index (κ3) is 5.24. The molecule has 58 valence electrons. The molecule has 0 aromatic carbocycles. The van der Waals surface area contributed by atoms with E-state index in [2.05, 4.69) is 5.32 Å². The van der Waals surface area contributed by atoms with Gasteiger partial charge >= 0.3 is 0 Å². The molecule has 0 aromatic heterocycles. The first-order valence-corrected chi connectivity index (χ1v) is 3.22. The number of hydrogen-bond acceptors (Lipinski definition) is 3. The summed E-state index contributed by atoms with van der Waals surface area (Å²) in [6.45, 7) is 1.94. The highest BCUT2D eigenvalue weighted by Crippen LogP contribution is 1.84. The molecule has 0 aromatic rings. The number of nitrogens with two attached hydrogens (primary N) is 1. The minimum absolute atomic E-state index is 0.193. The summed E-state index contributed by atoms with van der Waals surface area (Å²) in [4.78, 5) is 10.3. The van der Waals surface area contributed by atoms with Gasteiger partial charge in [-0.2, -0.15) is 0 Å². The molecular formula is C6H13N3O. The Labute approximate surface area is 60.3 Å². The van der Waals surface area contributed by atoms with Gasteiger partial charge in [-0.3, -0.25) is 10.2 Å². The van der Waals surface area contributed by atoms with Crippen LogP contribution in [-0.4, -0.2) is 18.3 Å². The van der Waals surface area contributed by atoms with Crippen molar-refractivity contribution in [1.82, 2.24) is 5.32 Å². The van der Waals surface area contributed by atoms with Crippen molar-refractivity contribution in [1.29, 1.82) is 5.41 Å². The molecule has 0 heterocycles. The van der Waals surface area contributed by atoms with Gasteiger partial charge in [-0.25, -0.2) is 0 Å². The number of amidine groups is 1. The first-order valence-electron chi connectivity index (χ1n) is 3.22. The molecule has 4 heteroatoms.